The third kappa shape index (κ3) is 1.87. The number of nitrogens with zero attached hydrogens (tertiary/aromatic N) is 5. The van der Waals surface area contributed by atoms with Crippen molar-refractivity contribution >= 4 is 33.1 Å². The van der Waals surface area contributed by atoms with Crippen molar-refractivity contribution in [1.29, 1.82) is 0 Å². The molecule has 0 unspecified atom stereocenters. The molecule has 1 amide bonds. The molecule has 0 aliphatic carbocycles. The van der Waals surface area contributed by atoms with Gasteiger partial charge < -0.3 is 15.2 Å². The highest BCUT2D eigenvalue weighted by molar-refractivity contribution is 7.21. The van der Waals surface area contributed by atoms with Crippen LogP contribution in [0.1, 0.15) is 15.5 Å². The monoisotopic (exact) mass is 300 g/mol. The van der Waals surface area contributed by atoms with Gasteiger partial charge in [-0.15, -0.1) is 21.5 Å². The third-order valence-corrected chi connectivity index (χ3v) is 4.74. The second-order valence-corrected chi connectivity index (χ2v) is 5.87. The van der Waals surface area contributed by atoms with E-state index in [9.17, 15) is 4.79 Å². The number of fused-ring (bicyclic) bond motifs is 2. The summed E-state index contributed by atoms with van der Waals surface area (Å²) in [5.41, 5.74) is 6.62. The summed E-state index contributed by atoms with van der Waals surface area (Å²) in [4.78, 5) is 20.1. The number of aromatic nitrogens is 4. The minimum absolute atomic E-state index is 0.0650. The Morgan fingerprint density at radius 2 is 2.29 bits per heavy atom. The van der Waals surface area contributed by atoms with Crippen molar-refractivity contribution in [2.45, 2.75) is 13.1 Å². The van der Waals surface area contributed by atoms with Gasteiger partial charge in [0.15, 0.2) is 5.82 Å². The summed E-state index contributed by atoms with van der Waals surface area (Å²) < 4.78 is 1.96. The zero-order valence-corrected chi connectivity index (χ0v) is 11.9. The molecule has 0 aromatic carbocycles. The van der Waals surface area contributed by atoms with Gasteiger partial charge in [-0.1, -0.05) is 0 Å². The molecule has 0 atom stereocenters. The number of carbonyl (C=O) groups is 1. The average Bonchev–Trinajstić information content (AvgIpc) is 3.11. The Balaban J connectivity index is 1.69. The molecule has 0 fully saturated rings. The zero-order valence-electron chi connectivity index (χ0n) is 11.1. The molecule has 2 N–H and O–H groups in total. The molecule has 1 aliphatic rings. The third-order valence-electron chi connectivity index (χ3n) is 3.62. The van der Waals surface area contributed by atoms with E-state index in [0.29, 0.717) is 30.2 Å². The summed E-state index contributed by atoms with van der Waals surface area (Å²) in [6.07, 6.45) is 3.39. The molecule has 0 radical (unpaired) electrons. The Kier molecular flexibility index (Phi) is 2.64. The number of amides is 1. The standard InChI is InChI=1S/C13H12N6OS/c14-10-8-2-1-3-15-12(8)21-11(10)13(20)18-4-5-19-7-16-17-9(19)6-18/h1-3,7H,4-6,14H2. The second kappa shape index (κ2) is 4.52. The predicted octanol–water partition coefficient (Wildman–Crippen LogP) is 1.13. The first-order valence-corrected chi connectivity index (χ1v) is 7.34. The van der Waals surface area contributed by atoms with E-state index in [-0.39, 0.29) is 5.91 Å². The van der Waals surface area contributed by atoms with Crippen LogP contribution in [-0.4, -0.2) is 37.1 Å². The molecule has 3 aromatic heterocycles. The summed E-state index contributed by atoms with van der Waals surface area (Å²) in [7, 11) is 0. The molecule has 4 rings (SSSR count). The number of pyridine rings is 1. The Hall–Kier alpha value is -2.48. The van der Waals surface area contributed by atoms with Gasteiger partial charge in [0, 0.05) is 24.7 Å². The van der Waals surface area contributed by atoms with Crippen LogP contribution in [0, 0.1) is 0 Å². The molecule has 0 saturated heterocycles. The fraction of sp³-hybridized carbons (Fsp3) is 0.231. The maximum Gasteiger partial charge on any atom is 0.266 e. The van der Waals surface area contributed by atoms with E-state index < -0.39 is 0 Å². The van der Waals surface area contributed by atoms with Crippen LogP contribution in [-0.2, 0) is 13.1 Å². The van der Waals surface area contributed by atoms with Crippen LogP contribution in [0.3, 0.4) is 0 Å². The van der Waals surface area contributed by atoms with Crippen LogP contribution < -0.4 is 5.73 Å². The van der Waals surface area contributed by atoms with E-state index in [1.54, 1.807) is 17.4 Å². The number of rotatable bonds is 1. The fourth-order valence-corrected chi connectivity index (χ4v) is 3.52. The molecule has 4 heterocycles. The van der Waals surface area contributed by atoms with Crippen LogP contribution >= 0.6 is 11.3 Å². The number of carbonyl (C=O) groups excluding carboxylic acids is 1. The van der Waals surface area contributed by atoms with Crippen molar-refractivity contribution in [2.75, 3.05) is 12.3 Å². The molecular formula is C13H12N6OS. The molecule has 21 heavy (non-hydrogen) atoms. The van der Waals surface area contributed by atoms with E-state index in [2.05, 4.69) is 15.2 Å². The van der Waals surface area contributed by atoms with Gasteiger partial charge in [0.25, 0.3) is 5.91 Å². The maximum absolute atomic E-state index is 12.7. The summed E-state index contributed by atoms with van der Waals surface area (Å²) >= 11 is 1.34. The fourth-order valence-electron chi connectivity index (χ4n) is 2.49. The average molecular weight is 300 g/mol. The number of anilines is 1. The van der Waals surface area contributed by atoms with E-state index >= 15 is 0 Å². The highest BCUT2D eigenvalue weighted by Crippen LogP contribution is 2.33. The van der Waals surface area contributed by atoms with Gasteiger partial charge >= 0.3 is 0 Å². The van der Waals surface area contributed by atoms with Gasteiger partial charge in [0.2, 0.25) is 0 Å². The highest BCUT2D eigenvalue weighted by atomic mass is 32.1. The molecular weight excluding hydrogens is 288 g/mol. The van der Waals surface area contributed by atoms with Crippen LogP contribution in [0.5, 0.6) is 0 Å². The normalized spacial score (nSPS) is 14.4. The van der Waals surface area contributed by atoms with Crippen molar-refractivity contribution in [1.82, 2.24) is 24.6 Å². The minimum Gasteiger partial charge on any atom is -0.397 e. The maximum atomic E-state index is 12.7. The summed E-state index contributed by atoms with van der Waals surface area (Å²) in [5, 5.41) is 8.73. The lowest BCUT2D eigenvalue weighted by Gasteiger charge is -2.26. The van der Waals surface area contributed by atoms with Gasteiger partial charge in [0.05, 0.1) is 12.2 Å². The Bertz CT molecular complexity index is 838. The molecule has 0 spiro atoms. The van der Waals surface area contributed by atoms with E-state index in [4.69, 9.17) is 5.73 Å². The number of hydrogen-bond donors (Lipinski definition) is 1. The molecule has 3 aromatic rings. The molecule has 7 nitrogen and oxygen atoms in total. The number of nitrogens with two attached hydrogens (primary N) is 1. The molecule has 8 heteroatoms. The molecule has 106 valence electrons. The minimum atomic E-state index is -0.0650. The first-order valence-electron chi connectivity index (χ1n) is 6.53. The highest BCUT2D eigenvalue weighted by Gasteiger charge is 2.26. The zero-order chi connectivity index (χ0) is 14.4. The quantitative estimate of drug-likeness (QED) is 0.727. The van der Waals surface area contributed by atoms with Gasteiger partial charge in [-0.05, 0) is 12.1 Å². The van der Waals surface area contributed by atoms with Crippen LogP contribution in [0.15, 0.2) is 24.7 Å². The molecule has 0 saturated carbocycles. The SMILES string of the molecule is Nc1c(C(=O)N2CCn3cnnc3C2)sc2ncccc12. The van der Waals surface area contributed by atoms with Gasteiger partial charge in [-0.2, -0.15) is 0 Å². The van der Waals surface area contributed by atoms with E-state index in [1.165, 1.54) is 11.3 Å². The summed E-state index contributed by atoms with van der Waals surface area (Å²) in [6, 6.07) is 3.71. The molecule has 0 bridgehead atoms. The van der Waals surface area contributed by atoms with Gasteiger partial charge in [-0.25, -0.2) is 4.98 Å². The number of nitrogen functional groups attached to an aromatic ring is 1. The lowest BCUT2D eigenvalue weighted by molar-refractivity contribution is 0.0713. The largest absolute Gasteiger partial charge is 0.397 e. The van der Waals surface area contributed by atoms with Crippen molar-refractivity contribution < 1.29 is 4.79 Å². The Morgan fingerprint density at radius 1 is 1.38 bits per heavy atom. The van der Waals surface area contributed by atoms with Gasteiger partial charge in [-0.3, -0.25) is 4.79 Å². The first-order chi connectivity index (χ1) is 10.2. The van der Waals surface area contributed by atoms with Crippen LogP contribution in [0.25, 0.3) is 10.2 Å². The number of hydrogen-bond acceptors (Lipinski definition) is 6. The van der Waals surface area contributed by atoms with Crippen molar-refractivity contribution in [3.63, 3.8) is 0 Å². The summed E-state index contributed by atoms with van der Waals surface area (Å²) in [5.74, 6) is 0.733. The van der Waals surface area contributed by atoms with E-state index in [0.717, 1.165) is 16.0 Å². The Morgan fingerprint density at radius 3 is 3.14 bits per heavy atom. The van der Waals surface area contributed by atoms with Gasteiger partial charge in [0.1, 0.15) is 16.0 Å². The topological polar surface area (TPSA) is 89.9 Å². The van der Waals surface area contributed by atoms with Crippen molar-refractivity contribution in [2.24, 2.45) is 0 Å². The van der Waals surface area contributed by atoms with E-state index in [1.807, 2.05) is 16.7 Å². The van der Waals surface area contributed by atoms with Crippen molar-refractivity contribution in [3.8, 4) is 0 Å². The van der Waals surface area contributed by atoms with Crippen molar-refractivity contribution in [3.05, 3.63) is 35.4 Å². The summed E-state index contributed by atoms with van der Waals surface area (Å²) in [6.45, 7) is 1.79. The lowest BCUT2D eigenvalue weighted by atomic mass is 10.2. The number of thiophene rings is 1. The first kappa shape index (κ1) is 12.3. The second-order valence-electron chi connectivity index (χ2n) is 4.87. The predicted molar refractivity (Wildman–Crippen MR) is 78.8 cm³/mol. The Labute approximate surface area is 124 Å². The lowest BCUT2D eigenvalue weighted by Crippen LogP contribution is -2.38. The van der Waals surface area contributed by atoms with Crippen LogP contribution in [0.4, 0.5) is 5.69 Å². The smallest absolute Gasteiger partial charge is 0.266 e. The van der Waals surface area contributed by atoms with Crippen LogP contribution in [0.2, 0.25) is 0 Å². The molecule has 1 aliphatic heterocycles.